The Balaban J connectivity index is 0.00000338. The second-order valence-corrected chi connectivity index (χ2v) is 7.13. The molecule has 1 heterocycles. The van der Waals surface area contributed by atoms with E-state index in [1.165, 1.54) is 0 Å². The number of guanidine groups is 1. The van der Waals surface area contributed by atoms with E-state index in [0.29, 0.717) is 6.54 Å². The summed E-state index contributed by atoms with van der Waals surface area (Å²) in [6.07, 6.45) is 0. The van der Waals surface area contributed by atoms with Gasteiger partial charge in [0.05, 0.1) is 13.2 Å². The standard InChI is InChI=1S/C19H32N4O2.HI/c1-19(2,3)25-17-8-6-5-7-16(17)15-22-18(20-4)21-9-10-23-11-13-24-14-12-23;/h5-8H,9-15H2,1-4H3,(H2,20,21,22);1H. The second kappa shape index (κ2) is 11.6. The summed E-state index contributed by atoms with van der Waals surface area (Å²) in [5.74, 6) is 1.71. The molecule has 0 bridgehead atoms. The quantitative estimate of drug-likeness (QED) is 0.376. The number of ether oxygens (including phenoxy) is 2. The molecule has 0 spiro atoms. The molecular formula is C19H33IN4O2. The lowest BCUT2D eigenvalue weighted by Crippen LogP contribution is -2.44. The van der Waals surface area contributed by atoms with Gasteiger partial charge in [-0.15, -0.1) is 24.0 Å². The van der Waals surface area contributed by atoms with Gasteiger partial charge in [-0.05, 0) is 26.8 Å². The van der Waals surface area contributed by atoms with E-state index in [9.17, 15) is 0 Å². The molecule has 0 aromatic heterocycles. The molecule has 1 saturated heterocycles. The molecule has 0 radical (unpaired) electrons. The molecule has 2 N–H and O–H groups in total. The SMILES string of the molecule is CN=C(NCCN1CCOCC1)NCc1ccccc1OC(C)(C)C.I. The molecule has 1 aromatic carbocycles. The molecule has 0 atom stereocenters. The Hall–Kier alpha value is -1.06. The van der Waals surface area contributed by atoms with E-state index in [2.05, 4.69) is 47.4 Å². The molecule has 6 nitrogen and oxygen atoms in total. The maximum atomic E-state index is 6.04. The van der Waals surface area contributed by atoms with Gasteiger partial charge in [-0.25, -0.2) is 0 Å². The number of rotatable bonds is 6. The molecule has 0 saturated carbocycles. The minimum absolute atomic E-state index is 0. The molecule has 0 amide bonds. The molecule has 148 valence electrons. The van der Waals surface area contributed by atoms with Crippen LogP contribution in [0, 0.1) is 0 Å². The third-order valence-electron chi connectivity index (χ3n) is 3.88. The lowest BCUT2D eigenvalue weighted by atomic mass is 10.1. The van der Waals surface area contributed by atoms with Crippen molar-refractivity contribution in [3.63, 3.8) is 0 Å². The first-order valence-electron chi connectivity index (χ1n) is 8.99. The Bertz CT molecular complexity index is 555. The summed E-state index contributed by atoms with van der Waals surface area (Å²) in [4.78, 5) is 6.70. The van der Waals surface area contributed by atoms with Gasteiger partial charge in [0.15, 0.2) is 5.96 Å². The van der Waals surface area contributed by atoms with Crippen LogP contribution in [0.2, 0.25) is 0 Å². The predicted octanol–water partition coefficient (Wildman–Crippen LogP) is 2.48. The third kappa shape index (κ3) is 8.55. The molecule has 0 unspecified atom stereocenters. The highest BCUT2D eigenvalue weighted by atomic mass is 127. The fourth-order valence-electron chi connectivity index (χ4n) is 2.64. The number of halogens is 1. The average Bonchev–Trinajstić information content (AvgIpc) is 2.58. The first-order valence-corrected chi connectivity index (χ1v) is 8.99. The summed E-state index contributed by atoms with van der Waals surface area (Å²) in [7, 11) is 1.79. The van der Waals surface area contributed by atoms with Gasteiger partial charge in [0.2, 0.25) is 0 Å². The van der Waals surface area contributed by atoms with Crippen molar-refractivity contribution in [2.45, 2.75) is 32.9 Å². The van der Waals surface area contributed by atoms with Crippen LogP contribution in [0.1, 0.15) is 26.3 Å². The van der Waals surface area contributed by atoms with E-state index in [4.69, 9.17) is 9.47 Å². The zero-order valence-corrected chi connectivity index (χ0v) is 18.7. The number of aliphatic imine (C=N–C) groups is 1. The van der Waals surface area contributed by atoms with Crippen molar-refractivity contribution in [2.75, 3.05) is 46.4 Å². The topological polar surface area (TPSA) is 58.1 Å². The lowest BCUT2D eigenvalue weighted by molar-refractivity contribution is 0.0389. The molecule has 1 fully saturated rings. The van der Waals surface area contributed by atoms with Crippen molar-refractivity contribution < 1.29 is 9.47 Å². The molecule has 1 aliphatic rings. The molecule has 2 rings (SSSR count). The number of benzene rings is 1. The van der Waals surface area contributed by atoms with Crippen molar-refractivity contribution in [1.82, 2.24) is 15.5 Å². The monoisotopic (exact) mass is 476 g/mol. The maximum absolute atomic E-state index is 6.04. The number of hydrogen-bond donors (Lipinski definition) is 2. The molecule has 0 aliphatic carbocycles. The Morgan fingerprint density at radius 2 is 1.88 bits per heavy atom. The zero-order valence-electron chi connectivity index (χ0n) is 16.4. The summed E-state index contributed by atoms with van der Waals surface area (Å²) in [6.45, 7) is 12.4. The summed E-state index contributed by atoms with van der Waals surface area (Å²) in [5.41, 5.74) is 0.905. The van der Waals surface area contributed by atoms with Gasteiger partial charge >= 0.3 is 0 Å². The highest BCUT2D eigenvalue weighted by molar-refractivity contribution is 14.0. The van der Waals surface area contributed by atoms with Crippen molar-refractivity contribution >= 4 is 29.9 Å². The van der Waals surface area contributed by atoms with Gasteiger partial charge in [-0.2, -0.15) is 0 Å². The lowest BCUT2D eigenvalue weighted by Gasteiger charge is -2.27. The van der Waals surface area contributed by atoms with E-state index < -0.39 is 0 Å². The molecule has 7 heteroatoms. The fourth-order valence-corrected chi connectivity index (χ4v) is 2.64. The van der Waals surface area contributed by atoms with Gasteiger partial charge in [0, 0.05) is 45.3 Å². The van der Waals surface area contributed by atoms with Crippen molar-refractivity contribution in [3.05, 3.63) is 29.8 Å². The van der Waals surface area contributed by atoms with Crippen LogP contribution < -0.4 is 15.4 Å². The third-order valence-corrected chi connectivity index (χ3v) is 3.88. The Labute approximate surface area is 174 Å². The van der Waals surface area contributed by atoms with E-state index in [1.54, 1.807) is 7.05 Å². The van der Waals surface area contributed by atoms with E-state index in [-0.39, 0.29) is 29.6 Å². The van der Waals surface area contributed by atoms with Crippen LogP contribution in [0.5, 0.6) is 5.75 Å². The van der Waals surface area contributed by atoms with Crippen LogP contribution in [0.25, 0.3) is 0 Å². The molecule has 26 heavy (non-hydrogen) atoms. The van der Waals surface area contributed by atoms with Crippen LogP contribution in [0.4, 0.5) is 0 Å². The van der Waals surface area contributed by atoms with Gasteiger partial charge < -0.3 is 20.1 Å². The van der Waals surface area contributed by atoms with Crippen LogP contribution in [-0.4, -0.2) is 62.9 Å². The second-order valence-electron chi connectivity index (χ2n) is 7.13. The summed E-state index contributed by atoms with van der Waals surface area (Å²) < 4.78 is 11.4. The summed E-state index contributed by atoms with van der Waals surface area (Å²) >= 11 is 0. The van der Waals surface area contributed by atoms with Gasteiger partial charge in [0.25, 0.3) is 0 Å². The van der Waals surface area contributed by atoms with Crippen LogP contribution in [-0.2, 0) is 11.3 Å². The normalized spacial score (nSPS) is 15.9. The van der Waals surface area contributed by atoms with E-state index in [1.807, 2.05) is 18.2 Å². The van der Waals surface area contributed by atoms with Crippen LogP contribution in [0.3, 0.4) is 0 Å². The Kier molecular flexibility index (Phi) is 10.3. The minimum atomic E-state index is -0.214. The number of morpholine rings is 1. The zero-order chi connectivity index (χ0) is 18.1. The average molecular weight is 476 g/mol. The predicted molar refractivity (Wildman–Crippen MR) is 118 cm³/mol. The maximum Gasteiger partial charge on any atom is 0.191 e. The fraction of sp³-hybridized carbons (Fsp3) is 0.632. The van der Waals surface area contributed by atoms with Crippen LogP contribution >= 0.6 is 24.0 Å². The molecular weight excluding hydrogens is 443 g/mol. The highest BCUT2D eigenvalue weighted by Crippen LogP contribution is 2.22. The first kappa shape index (κ1) is 23.0. The van der Waals surface area contributed by atoms with Crippen molar-refractivity contribution in [1.29, 1.82) is 0 Å². The van der Waals surface area contributed by atoms with Crippen LogP contribution in [0.15, 0.2) is 29.3 Å². The van der Waals surface area contributed by atoms with Crippen molar-refractivity contribution in [2.24, 2.45) is 4.99 Å². The Morgan fingerprint density at radius 3 is 2.54 bits per heavy atom. The number of hydrogen-bond acceptors (Lipinski definition) is 4. The number of nitrogens with one attached hydrogen (secondary N) is 2. The minimum Gasteiger partial charge on any atom is -0.488 e. The summed E-state index contributed by atoms with van der Waals surface area (Å²) in [6, 6.07) is 8.12. The van der Waals surface area contributed by atoms with Crippen molar-refractivity contribution in [3.8, 4) is 5.75 Å². The first-order chi connectivity index (χ1) is 12.0. The highest BCUT2D eigenvalue weighted by Gasteiger charge is 2.14. The van der Waals surface area contributed by atoms with Gasteiger partial charge in [-0.1, -0.05) is 18.2 Å². The van der Waals surface area contributed by atoms with Gasteiger partial charge in [-0.3, -0.25) is 9.89 Å². The van der Waals surface area contributed by atoms with E-state index in [0.717, 1.165) is 56.7 Å². The smallest absolute Gasteiger partial charge is 0.191 e. The number of para-hydroxylation sites is 1. The largest absolute Gasteiger partial charge is 0.488 e. The summed E-state index contributed by atoms with van der Waals surface area (Å²) in [5, 5.41) is 6.74. The number of nitrogens with zero attached hydrogens (tertiary/aromatic N) is 2. The van der Waals surface area contributed by atoms with E-state index >= 15 is 0 Å². The Morgan fingerprint density at radius 1 is 1.19 bits per heavy atom. The molecule has 1 aliphatic heterocycles. The van der Waals surface area contributed by atoms with Gasteiger partial charge in [0.1, 0.15) is 11.4 Å². The molecule has 1 aromatic rings.